The Morgan fingerprint density at radius 3 is 2.45 bits per heavy atom. The van der Waals surface area contributed by atoms with Crippen LogP contribution in [0.15, 0.2) is 24.3 Å². The molecule has 1 rings (SSSR count). The Labute approximate surface area is 79.7 Å². The van der Waals surface area contributed by atoms with Crippen LogP contribution >= 0.6 is 22.6 Å². The molecule has 0 aromatic heterocycles. The number of benzene rings is 1. The maximum Gasteiger partial charge on any atom is 0.188 e. The van der Waals surface area contributed by atoms with Crippen molar-refractivity contribution in [3.05, 3.63) is 27.8 Å². The lowest BCUT2D eigenvalue weighted by Crippen LogP contribution is -1.98. The summed E-state index contributed by atoms with van der Waals surface area (Å²) in [5.74, 6) is 0.840. The second-order valence-corrected chi connectivity index (χ2v) is 3.25. The van der Waals surface area contributed by atoms with Crippen LogP contribution in [0.2, 0.25) is 0 Å². The second kappa shape index (κ2) is 4.56. The van der Waals surface area contributed by atoms with Crippen LogP contribution in [-0.2, 0) is 4.74 Å². The summed E-state index contributed by atoms with van der Waals surface area (Å²) in [4.78, 5) is 0. The molecular formula is C8H9IO2. The van der Waals surface area contributed by atoms with Gasteiger partial charge < -0.3 is 9.47 Å². The molecule has 11 heavy (non-hydrogen) atoms. The molecule has 0 fully saturated rings. The van der Waals surface area contributed by atoms with Gasteiger partial charge in [0.25, 0.3) is 0 Å². The zero-order valence-corrected chi connectivity index (χ0v) is 8.37. The fourth-order valence-corrected chi connectivity index (χ4v) is 1.02. The van der Waals surface area contributed by atoms with Gasteiger partial charge >= 0.3 is 0 Å². The molecule has 0 amide bonds. The molecule has 1 aromatic carbocycles. The predicted octanol–water partition coefficient (Wildman–Crippen LogP) is 2.27. The smallest absolute Gasteiger partial charge is 0.188 e. The van der Waals surface area contributed by atoms with Crippen molar-refractivity contribution in [2.24, 2.45) is 0 Å². The van der Waals surface area contributed by atoms with Crippen molar-refractivity contribution < 1.29 is 9.47 Å². The summed E-state index contributed by atoms with van der Waals surface area (Å²) in [6.07, 6.45) is 0. The average Bonchev–Trinajstić information content (AvgIpc) is 2.04. The van der Waals surface area contributed by atoms with E-state index in [-0.39, 0.29) is 0 Å². The van der Waals surface area contributed by atoms with Crippen LogP contribution in [0.5, 0.6) is 5.75 Å². The van der Waals surface area contributed by atoms with Gasteiger partial charge in [0.2, 0.25) is 0 Å². The molecule has 0 N–H and O–H groups in total. The Morgan fingerprint density at radius 2 is 1.91 bits per heavy atom. The summed E-state index contributed by atoms with van der Waals surface area (Å²) in [5.41, 5.74) is 0. The summed E-state index contributed by atoms with van der Waals surface area (Å²) in [5, 5.41) is 0. The van der Waals surface area contributed by atoms with Crippen LogP contribution in [0.3, 0.4) is 0 Å². The zero-order chi connectivity index (χ0) is 8.10. The van der Waals surface area contributed by atoms with Crippen molar-refractivity contribution in [3.63, 3.8) is 0 Å². The molecule has 0 aliphatic rings. The molecule has 1 aromatic rings. The predicted molar refractivity (Wildman–Crippen MR) is 51.7 cm³/mol. The molecule has 0 radical (unpaired) electrons. The van der Waals surface area contributed by atoms with Crippen molar-refractivity contribution in [2.45, 2.75) is 0 Å². The summed E-state index contributed by atoms with van der Waals surface area (Å²) < 4.78 is 11.1. The van der Waals surface area contributed by atoms with Gasteiger partial charge in [0.15, 0.2) is 6.79 Å². The first-order valence-electron chi connectivity index (χ1n) is 3.20. The Balaban J connectivity index is 2.52. The molecule has 0 saturated carbocycles. The van der Waals surface area contributed by atoms with Gasteiger partial charge in [-0.2, -0.15) is 0 Å². The van der Waals surface area contributed by atoms with E-state index in [9.17, 15) is 0 Å². The first-order chi connectivity index (χ1) is 5.33. The summed E-state index contributed by atoms with van der Waals surface area (Å²) in [6, 6.07) is 7.82. The van der Waals surface area contributed by atoms with Gasteiger partial charge in [0.1, 0.15) is 5.75 Å². The van der Waals surface area contributed by atoms with E-state index in [0.717, 1.165) is 5.75 Å². The van der Waals surface area contributed by atoms with Crippen LogP contribution in [0.1, 0.15) is 0 Å². The fourth-order valence-electron chi connectivity index (χ4n) is 0.658. The van der Waals surface area contributed by atoms with E-state index < -0.39 is 0 Å². The van der Waals surface area contributed by atoms with Gasteiger partial charge in [0, 0.05) is 10.7 Å². The molecular weight excluding hydrogens is 255 g/mol. The minimum absolute atomic E-state index is 0.306. The monoisotopic (exact) mass is 264 g/mol. The van der Waals surface area contributed by atoms with E-state index >= 15 is 0 Å². The van der Waals surface area contributed by atoms with Gasteiger partial charge in [-0.25, -0.2) is 0 Å². The molecule has 0 unspecified atom stereocenters. The standard InChI is InChI=1S/C8H9IO2/c1-10-6-11-8-4-2-7(9)3-5-8/h2-5H,6H2,1H3. The number of hydrogen-bond acceptors (Lipinski definition) is 2. The lowest BCUT2D eigenvalue weighted by Gasteiger charge is -2.03. The molecule has 0 aliphatic heterocycles. The quantitative estimate of drug-likeness (QED) is 0.616. The molecule has 0 heterocycles. The summed E-state index contributed by atoms with van der Waals surface area (Å²) in [7, 11) is 1.60. The molecule has 3 heteroatoms. The second-order valence-electron chi connectivity index (χ2n) is 2.00. The largest absolute Gasteiger partial charge is 0.468 e. The van der Waals surface area contributed by atoms with Crippen molar-refractivity contribution in [2.75, 3.05) is 13.9 Å². The highest BCUT2D eigenvalue weighted by Gasteiger charge is 1.90. The Kier molecular flexibility index (Phi) is 3.65. The van der Waals surface area contributed by atoms with Gasteiger partial charge in [-0.3, -0.25) is 0 Å². The lowest BCUT2D eigenvalue weighted by molar-refractivity contribution is 0.0511. The highest BCUT2D eigenvalue weighted by molar-refractivity contribution is 14.1. The first kappa shape index (κ1) is 8.80. The maximum atomic E-state index is 5.18. The third kappa shape index (κ3) is 3.07. The molecule has 0 aliphatic carbocycles. The number of rotatable bonds is 3. The van der Waals surface area contributed by atoms with E-state index in [1.807, 2.05) is 24.3 Å². The SMILES string of the molecule is COCOc1ccc(I)cc1. The maximum absolute atomic E-state index is 5.18. The van der Waals surface area contributed by atoms with Crippen LogP contribution in [-0.4, -0.2) is 13.9 Å². The third-order valence-corrected chi connectivity index (χ3v) is 1.88. The number of halogens is 1. The summed E-state index contributed by atoms with van der Waals surface area (Å²) in [6.45, 7) is 0.306. The third-order valence-electron chi connectivity index (χ3n) is 1.16. The minimum Gasteiger partial charge on any atom is -0.468 e. The highest BCUT2D eigenvalue weighted by Crippen LogP contribution is 2.12. The highest BCUT2D eigenvalue weighted by atomic mass is 127. The number of ether oxygens (including phenoxy) is 2. The number of methoxy groups -OCH3 is 1. The van der Waals surface area contributed by atoms with Crippen molar-refractivity contribution >= 4 is 22.6 Å². The van der Waals surface area contributed by atoms with Crippen LogP contribution in [0.25, 0.3) is 0 Å². The van der Waals surface area contributed by atoms with Gasteiger partial charge in [0.05, 0.1) is 0 Å². The summed E-state index contributed by atoms with van der Waals surface area (Å²) >= 11 is 2.25. The topological polar surface area (TPSA) is 18.5 Å². The molecule has 0 bridgehead atoms. The Hall–Kier alpha value is -0.290. The van der Waals surface area contributed by atoms with E-state index in [1.165, 1.54) is 3.57 Å². The van der Waals surface area contributed by atoms with Crippen LogP contribution in [0.4, 0.5) is 0 Å². The molecule has 60 valence electrons. The molecule has 2 nitrogen and oxygen atoms in total. The fraction of sp³-hybridized carbons (Fsp3) is 0.250. The van der Waals surface area contributed by atoms with Crippen molar-refractivity contribution in [1.29, 1.82) is 0 Å². The van der Waals surface area contributed by atoms with Crippen molar-refractivity contribution in [1.82, 2.24) is 0 Å². The minimum atomic E-state index is 0.306. The van der Waals surface area contributed by atoms with E-state index in [0.29, 0.717) is 6.79 Å². The Bertz CT molecular complexity index is 208. The van der Waals surface area contributed by atoms with E-state index in [1.54, 1.807) is 7.11 Å². The normalized spacial score (nSPS) is 9.64. The Morgan fingerprint density at radius 1 is 1.27 bits per heavy atom. The van der Waals surface area contributed by atoms with Gasteiger partial charge in [-0.1, -0.05) is 0 Å². The van der Waals surface area contributed by atoms with E-state index in [4.69, 9.17) is 9.47 Å². The van der Waals surface area contributed by atoms with E-state index in [2.05, 4.69) is 22.6 Å². The first-order valence-corrected chi connectivity index (χ1v) is 4.28. The number of hydrogen-bond donors (Lipinski definition) is 0. The van der Waals surface area contributed by atoms with Crippen LogP contribution < -0.4 is 4.74 Å². The zero-order valence-electron chi connectivity index (χ0n) is 6.21. The lowest BCUT2D eigenvalue weighted by atomic mass is 10.3. The van der Waals surface area contributed by atoms with Crippen LogP contribution in [0, 0.1) is 3.57 Å². The average molecular weight is 264 g/mol. The van der Waals surface area contributed by atoms with Gasteiger partial charge in [-0.15, -0.1) is 0 Å². The molecule has 0 atom stereocenters. The molecule has 0 saturated heterocycles. The van der Waals surface area contributed by atoms with Gasteiger partial charge in [-0.05, 0) is 46.9 Å². The van der Waals surface area contributed by atoms with Crippen molar-refractivity contribution in [3.8, 4) is 5.75 Å². The molecule has 0 spiro atoms.